The molecule has 0 aliphatic heterocycles. The molecule has 3 nitrogen and oxygen atoms in total. The normalized spacial score (nSPS) is 13.5. The molecule has 0 saturated heterocycles. The van der Waals surface area contributed by atoms with Crippen molar-refractivity contribution in [2.45, 2.75) is 47.1 Å². The van der Waals surface area contributed by atoms with E-state index in [-0.39, 0.29) is 11.0 Å². The van der Waals surface area contributed by atoms with Gasteiger partial charge in [0.05, 0.1) is 12.2 Å². The quantitative estimate of drug-likeness (QED) is 0.728. The standard InChI is InChI=1S/C13H30N2O/c1-7-15(11-13(5,6)10-14)8-9-16-12(2,3)4/h7-11,14H2,1-6H3. The van der Waals surface area contributed by atoms with Crippen LogP contribution in [0, 0.1) is 5.41 Å². The fourth-order valence-electron chi connectivity index (χ4n) is 1.50. The maximum atomic E-state index is 5.75. The van der Waals surface area contributed by atoms with Crippen molar-refractivity contribution in [3.8, 4) is 0 Å². The van der Waals surface area contributed by atoms with Crippen molar-refractivity contribution in [2.75, 3.05) is 32.8 Å². The largest absolute Gasteiger partial charge is 0.375 e. The van der Waals surface area contributed by atoms with Gasteiger partial charge in [0.15, 0.2) is 0 Å². The van der Waals surface area contributed by atoms with E-state index < -0.39 is 0 Å². The van der Waals surface area contributed by atoms with E-state index in [9.17, 15) is 0 Å². The molecule has 0 amide bonds. The van der Waals surface area contributed by atoms with E-state index in [1.165, 1.54) is 0 Å². The number of nitrogens with zero attached hydrogens (tertiary/aromatic N) is 1. The van der Waals surface area contributed by atoms with E-state index in [0.29, 0.717) is 0 Å². The average molecular weight is 230 g/mol. The lowest BCUT2D eigenvalue weighted by Gasteiger charge is -2.31. The van der Waals surface area contributed by atoms with Gasteiger partial charge >= 0.3 is 0 Å². The SMILES string of the molecule is CCN(CCOC(C)(C)C)CC(C)(C)CN. The van der Waals surface area contributed by atoms with Crippen LogP contribution in [0.15, 0.2) is 0 Å². The van der Waals surface area contributed by atoms with Crippen molar-refractivity contribution in [3.63, 3.8) is 0 Å². The zero-order chi connectivity index (χ0) is 12.8. The minimum atomic E-state index is -0.0389. The van der Waals surface area contributed by atoms with Crippen molar-refractivity contribution in [3.05, 3.63) is 0 Å². The first-order chi connectivity index (χ1) is 7.20. The number of rotatable bonds is 7. The maximum absolute atomic E-state index is 5.75. The van der Waals surface area contributed by atoms with Crippen LogP contribution in [0.4, 0.5) is 0 Å². The molecule has 0 aromatic carbocycles. The molecule has 0 aliphatic rings. The molecule has 0 bridgehead atoms. The predicted octanol–water partition coefficient (Wildman–Crippen LogP) is 2.11. The second-order valence-electron chi connectivity index (χ2n) is 6.20. The van der Waals surface area contributed by atoms with Gasteiger partial charge in [-0.2, -0.15) is 0 Å². The first kappa shape index (κ1) is 15.9. The number of hydrogen-bond donors (Lipinski definition) is 1. The summed E-state index contributed by atoms with van der Waals surface area (Å²) in [6, 6.07) is 0. The zero-order valence-electron chi connectivity index (χ0n) is 12.0. The van der Waals surface area contributed by atoms with Crippen LogP contribution in [-0.2, 0) is 4.74 Å². The molecule has 98 valence electrons. The molecule has 0 rings (SSSR count). The molecule has 0 atom stereocenters. The van der Waals surface area contributed by atoms with Crippen LogP contribution in [0.5, 0.6) is 0 Å². The van der Waals surface area contributed by atoms with Gasteiger partial charge in [0, 0.05) is 13.1 Å². The summed E-state index contributed by atoms with van der Waals surface area (Å²) < 4.78 is 5.74. The van der Waals surface area contributed by atoms with Gasteiger partial charge in [0.25, 0.3) is 0 Å². The Morgan fingerprint density at radius 1 is 1.12 bits per heavy atom. The van der Waals surface area contributed by atoms with Crippen LogP contribution in [0.1, 0.15) is 41.5 Å². The van der Waals surface area contributed by atoms with Crippen LogP contribution >= 0.6 is 0 Å². The Bertz CT molecular complexity index is 185. The Kier molecular flexibility index (Phi) is 6.53. The van der Waals surface area contributed by atoms with Gasteiger partial charge in [0.1, 0.15) is 0 Å². The molecule has 0 unspecified atom stereocenters. The average Bonchev–Trinajstić information content (AvgIpc) is 2.14. The van der Waals surface area contributed by atoms with Crippen molar-refractivity contribution in [2.24, 2.45) is 11.1 Å². The third-order valence-electron chi connectivity index (χ3n) is 2.59. The minimum Gasteiger partial charge on any atom is -0.375 e. The van der Waals surface area contributed by atoms with Crippen LogP contribution in [0.2, 0.25) is 0 Å². The summed E-state index contributed by atoms with van der Waals surface area (Å²) in [5, 5.41) is 0. The van der Waals surface area contributed by atoms with Gasteiger partial charge < -0.3 is 15.4 Å². The zero-order valence-corrected chi connectivity index (χ0v) is 12.0. The summed E-state index contributed by atoms with van der Waals surface area (Å²) >= 11 is 0. The first-order valence-electron chi connectivity index (χ1n) is 6.26. The van der Waals surface area contributed by atoms with E-state index in [0.717, 1.165) is 32.8 Å². The molecule has 0 aliphatic carbocycles. The summed E-state index contributed by atoms with van der Waals surface area (Å²) in [5.74, 6) is 0. The van der Waals surface area contributed by atoms with Crippen LogP contribution in [0.3, 0.4) is 0 Å². The lowest BCUT2D eigenvalue weighted by atomic mass is 9.93. The molecule has 3 heteroatoms. The first-order valence-corrected chi connectivity index (χ1v) is 6.26. The lowest BCUT2D eigenvalue weighted by Crippen LogP contribution is -2.40. The summed E-state index contributed by atoms with van der Waals surface area (Å²) in [7, 11) is 0. The van der Waals surface area contributed by atoms with E-state index in [1.54, 1.807) is 0 Å². The Morgan fingerprint density at radius 3 is 2.06 bits per heavy atom. The summed E-state index contributed by atoms with van der Waals surface area (Å²) in [6.07, 6.45) is 0. The molecule has 0 saturated carbocycles. The Hall–Kier alpha value is -0.120. The second kappa shape index (κ2) is 6.58. The van der Waals surface area contributed by atoms with Crippen LogP contribution < -0.4 is 5.73 Å². The van der Waals surface area contributed by atoms with Gasteiger partial charge in [-0.25, -0.2) is 0 Å². The van der Waals surface area contributed by atoms with Gasteiger partial charge in [-0.15, -0.1) is 0 Å². The monoisotopic (exact) mass is 230 g/mol. The number of ether oxygens (including phenoxy) is 1. The van der Waals surface area contributed by atoms with E-state index >= 15 is 0 Å². The molecule has 2 N–H and O–H groups in total. The van der Waals surface area contributed by atoms with Crippen molar-refractivity contribution in [1.29, 1.82) is 0 Å². The third kappa shape index (κ3) is 8.08. The van der Waals surface area contributed by atoms with E-state index in [4.69, 9.17) is 10.5 Å². The highest BCUT2D eigenvalue weighted by Crippen LogP contribution is 2.15. The van der Waals surface area contributed by atoms with Crippen molar-refractivity contribution >= 4 is 0 Å². The molecule has 16 heavy (non-hydrogen) atoms. The molecule has 0 heterocycles. The molecule has 0 aromatic rings. The fraction of sp³-hybridized carbons (Fsp3) is 1.00. The van der Waals surface area contributed by atoms with Crippen molar-refractivity contribution < 1.29 is 4.74 Å². The van der Waals surface area contributed by atoms with Gasteiger partial charge in [-0.05, 0) is 39.3 Å². The van der Waals surface area contributed by atoms with E-state index in [2.05, 4.69) is 46.4 Å². The second-order valence-corrected chi connectivity index (χ2v) is 6.20. The van der Waals surface area contributed by atoms with Gasteiger partial charge in [-0.3, -0.25) is 0 Å². The molecule has 0 spiro atoms. The van der Waals surface area contributed by atoms with Crippen LogP contribution in [-0.4, -0.2) is 43.3 Å². The van der Waals surface area contributed by atoms with Crippen molar-refractivity contribution in [1.82, 2.24) is 4.90 Å². The summed E-state index contributed by atoms with van der Waals surface area (Å²) in [4.78, 5) is 2.40. The predicted molar refractivity (Wildman–Crippen MR) is 70.7 cm³/mol. The Balaban J connectivity index is 3.93. The molecule has 0 aromatic heterocycles. The molecular weight excluding hydrogens is 200 g/mol. The summed E-state index contributed by atoms with van der Waals surface area (Å²) in [6.45, 7) is 17.5. The molecular formula is C13H30N2O. The topological polar surface area (TPSA) is 38.5 Å². The molecule has 0 radical (unpaired) electrons. The lowest BCUT2D eigenvalue weighted by molar-refractivity contribution is -0.0154. The fourth-order valence-corrected chi connectivity index (χ4v) is 1.50. The number of nitrogens with two attached hydrogens (primary N) is 1. The number of hydrogen-bond acceptors (Lipinski definition) is 3. The molecule has 0 fully saturated rings. The van der Waals surface area contributed by atoms with E-state index in [1.807, 2.05) is 0 Å². The Morgan fingerprint density at radius 2 is 1.69 bits per heavy atom. The maximum Gasteiger partial charge on any atom is 0.0600 e. The Labute approximate surface area is 101 Å². The van der Waals surface area contributed by atoms with Gasteiger partial charge in [0.2, 0.25) is 0 Å². The van der Waals surface area contributed by atoms with Gasteiger partial charge in [-0.1, -0.05) is 20.8 Å². The number of likely N-dealkylation sites (N-methyl/N-ethyl adjacent to an activating group) is 1. The van der Waals surface area contributed by atoms with Crippen LogP contribution in [0.25, 0.3) is 0 Å². The smallest absolute Gasteiger partial charge is 0.0600 e. The third-order valence-corrected chi connectivity index (χ3v) is 2.59. The minimum absolute atomic E-state index is 0.0389. The highest BCUT2D eigenvalue weighted by atomic mass is 16.5. The highest BCUT2D eigenvalue weighted by molar-refractivity contribution is 4.74. The summed E-state index contributed by atoms with van der Waals surface area (Å²) in [5.41, 5.74) is 5.90. The highest BCUT2D eigenvalue weighted by Gasteiger charge is 2.19.